The first-order valence-corrected chi connectivity index (χ1v) is 12.5. The first-order valence-electron chi connectivity index (χ1n) is 11.7. The highest BCUT2D eigenvalue weighted by molar-refractivity contribution is 7.16. The van der Waals surface area contributed by atoms with Crippen molar-refractivity contribution in [3.8, 4) is 11.5 Å². The number of benzene rings is 3. The number of carboxylic acid groups (broad SMARTS) is 1. The van der Waals surface area contributed by atoms with E-state index in [4.69, 9.17) is 14.3 Å². The summed E-state index contributed by atoms with van der Waals surface area (Å²) in [6.07, 6.45) is 0.629. The molecule has 0 radical (unpaired) electrons. The number of hydrogen-bond acceptors (Lipinski definition) is 8. The summed E-state index contributed by atoms with van der Waals surface area (Å²) in [7, 11) is 1.51. The number of rotatable bonds is 11. The summed E-state index contributed by atoms with van der Waals surface area (Å²) in [6.45, 7) is 3.78. The van der Waals surface area contributed by atoms with Gasteiger partial charge in [0, 0.05) is 17.7 Å². The number of aliphatic carboxylic acids is 1. The fourth-order valence-corrected chi connectivity index (χ4v) is 4.69. The number of carbonyl (C=O) groups excluding carboxylic acids is 1. The summed E-state index contributed by atoms with van der Waals surface area (Å²) >= 11 is 1.20. The summed E-state index contributed by atoms with van der Waals surface area (Å²) < 4.78 is 13.9. The molecule has 0 bridgehead atoms. The van der Waals surface area contributed by atoms with E-state index in [2.05, 4.69) is 5.16 Å². The molecule has 0 aliphatic heterocycles. The van der Waals surface area contributed by atoms with Gasteiger partial charge in [0.2, 0.25) is 0 Å². The van der Waals surface area contributed by atoms with E-state index in [1.807, 2.05) is 48.5 Å². The van der Waals surface area contributed by atoms with E-state index in [9.17, 15) is 14.7 Å². The van der Waals surface area contributed by atoms with Crippen LogP contribution in [0.2, 0.25) is 0 Å². The number of oxime groups is 1. The summed E-state index contributed by atoms with van der Waals surface area (Å²) in [5.74, 6) is -0.264. The molecule has 3 aromatic carbocycles. The average Bonchev–Trinajstić information content (AvgIpc) is 3.20. The normalized spacial score (nSPS) is 11.9. The van der Waals surface area contributed by atoms with Crippen LogP contribution in [0.5, 0.6) is 11.5 Å². The van der Waals surface area contributed by atoms with E-state index in [0.29, 0.717) is 36.8 Å². The predicted octanol–water partition coefficient (Wildman–Crippen LogP) is 3.84. The second-order valence-electron chi connectivity index (χ2n) is 8.76. The highest BCUT2D eigenvalue weighted by atomic mass is 32.1. The van der Waals surface area contributed by atoms with Crippen molar-refractivity contribution in [2.75, 3.05) is 13.7 Å². The maximum atomic E-state index is 12.7. The van der Waals surface area contributed by atoms with Crippen LogP contribution in [0.25, 0.3) is 10.2 Å². The number of ether oxygens (including phenoxy) is 2. The van der Waals surface area contributed by atoms with Crippen LogP contribution >= 0.6 is 11.3 Å². The minimum absolute atomic E-state index is 0.0332. The van der Waals surface area contributed by atoms with Gasteiger partial charge in [-0.05, 0) is 56.7 Å². The van der Waals surface area contributed by atoms with E-state index in [0.717, 1.165) is 21.3 Å². The Kier molecular flexibility index (Phi) is 7.93. The lowest BCUT2D eigenvalue weighted by Crippen LogP contribution is -2.47. The lowest BCUT2D eigenvalue weighted by atomic mass is 10.0. The number of nitrogens with zero attached hydrogens (tertiary/aromatic N) is 2. The van der Waals surface area contributed by atoms with Crippen LogP contribution in [0.15, 0.2) is 82.7 Å². The zero-order valence-electron chi connectivity index (χ0n) is 20.8. The van der Waals surface area contributed by atoms with Crippen LogP contribution in [0, 0.1) is 0 Å². The predicted molar refractivity (Wildman–Crippen MR) is 141 cm³/mol. The maximum Gasteiger partial charge on any atom is 0.308 e. The molecule has 0 spiro atoms. The zero-order valence-corrected chi connectivity index (χ0v) is 21.6. The Labute approximate surface area is 218 Å². The monoisotopic (exact) mass is 519 g/mol. The van der Waals surface area contributed by atoms with E-state index < -0.39 is 11.6 Å². The second kappa shape index (κ2) is 11.3. The number of fused-ring (bicyclic) bond motifs is 1. The molecule has 0 saturated carbocycles. The van der Waals surface area contributed by atoms with Gasteiger partial charge < -0.3 is 24.2 Å². The molecule has 0 atom stereocenters. The van der Waals surface area contributed by atoms with Gasteiger partial charge in [0.05, 0.1) is 22.8 Å². The SMILES string of the molecule is CO/N=C(\c1ccccc1)c1ccc2c(c1)sc(=O)n2CCCOc1ccc(OC(C)(C)C(=O)[O-])cc1. The number of carbonyl (C=O) groups is 1. The number of aromatic nitrogens is 1. The topological polar surface area (TPSA) is 102 Å². The van der Waals surface area contributed by atoms with Gasteiger partial charge in [0.25, 0.3) is 0 Å². The summed E-state index contributed by atoms with van der Waals surface area (Å²) in [4.78, 5) is 28.8. The molecule has 4 aromatic rings. The quantitative estimate of drug-likeness (QED) is 0.170. The molecule has 0 amide bonds. The molecule has 1 heterocycles. The molecule has 9 heteroatoms. The summed E-state index contributed by atoms with van der Waals surface area (Å²) in [5.41, 5.74) is 1.92. The molecule has 0 N–H and O–H groups in total. The molecule has 0 fully saturated rings. The molecule has 37 heavy (non-hydrogen) atoms. The van der Waals surface area contributed by atoms with Gasteiger partial charge in [-0.2, -0.15) is 0 Å². The molecule has 0 aliphatic rings. The fourth-order valence-electron chi connectivity index (χ4n) is 3.74. The third kappa shape index (κ3) is 6.18. The fraction of sp³-hybridized carbons (Fsp3) is 0.250. The van der Waals surface area contributed by atoms with Gasteiger partial charge >= 0.3 is 4.87 Å². The first kappa shape index (κ1) is 26.0. The van der Waals surface area contributed by atoms with Gasteiger partial charge in [0.1, 0.15) is 29.9 Å². The number of hydrogen-bond donors (Lipinski definition) is 0. The minimum Gasteiger partial charge on any atom is -0.546 e. The smallest absolute Gasteiger partial charge is 0.308 e. The van der Waals surface area contributed by atoms with Crippen LogP contribution in [-0.2, 0) is 16.2 Å². The van der Waals surface area contributed by atoms with Crippen LogP contribution in [0.4, 0.5) is 0 Å². The van der Waals surface area contributed by atoms with Crippen LogP contribution in [0.1, 0.15) is 31.4 Å². The van der Waals surface area contributed by atoms with Crippen molar-refractivity contribution < 1.29 is 24.2 Å². The highest BCUT2D eigenvalue weighted by Crippen LogP contribution is 2.23. The summed E-state index contributed by atoms with van der Waals surface area (Å²) in [6, 6.07) is 22.3. The lowest BCUT2D eigenvalue weighted by molar-refractivity contribution is -0.320. The van der Waals surface area contributed by atoms with E-state index in [-0.39, 0.29) is 4.87 Å². The summed E-state index contributed by atoms with van der Waals surface area (Å²) in [5, 5.41) is 15.3. The Morgan fingerprint density at radius 2 is 1.70 bits per heavy atom. The first-order chi connectivity index (χ1) is 17.8. The lowest BCUT2D eigenvalue weighted by Gasteiger charge is -2.27. The van der Waals surface area contributed by atoms with E-state index in [1.165, 1.54) is 32.3 Å². The number of thiazole rings is 1. The molecule has 1 aromatic heterocycles. The maximum absolute atomic E-state index is 12.7. The van der Waals surface area contributed by atoms with Crippen molar-refractivity contribution in [1.29, 1.82) is 0 Å². The Morgan fingerprint density at radius 3 is 2.38 bits per heavy atom. The zero-order chi connectivity index (χ0) is 26.4. The minimum atomic E-state index is -1.43. The standard InChI is InChI=1S/C28H28N2O6S/c1-28(2,26(31)32)36-22-13-11-21(12-14-22)35-17-7-16-30-23-15-10-20(18-24(23)37-27(30)33)25(29-34-3)19-8-5-4-6-9-19/h4-6,8-15,18H,7,16-17H2,1-3H3,(H,31,32)/p-1/b29-25+. The molecule has 0 aliphatic carbocycles. The van der Waals surface area contributed by atoms with Gasteiger partial charge in [0.15, 0.2) is 0 Å². The number of carboxylic acids is 1. The molecule has 0 saturated heterocycles. The third-order valence-corrected chi connectivity index (χ3v) is 6.60. The van der Waals surface area contributed by atoms with Crippen molar-refractivity contribution in [3.63, 3.8) is 0 Å². The van der Waals surface area contributed by atoms with Crippen molar-refractivity contribution in [2.24, 2.45) is 5.16 Å². The Hall–Kier alpha value is -4.11. The molecule has 8 nitrogen and oxygen atoms in total. The highest BCUT2D eigenvalue weighted by Gasteiger charge is 2.21. The molecule has 0 unspecified atom stereocenters. The van der Waals surface area contributed by atoms with Gasteiger partial charge in [-0.1, -0.05) is 52.9 Å². The van der Waals surface area contributed by atoms with Crippen LogP contribution in [-0.4, -0.2) is 35.6 Å². The number of aryl methyl sites for hydroxylation is 1. The van der Waals surface area contributed by atoms with Crippen molar-refractivity contribution in [2.45, 2.75) is 32.4 Å². The second-order valence-corrected chi connectivity index (χ2v) is 9.76. The average molecular weight is 520 g/mol. The van der Waals surface area contributed by atoms with Crippen molar-refractivity contribution in [3.05, 3.63) is 93.6 Å². The molecule has 192 valence electrons. The van der Waals surface area contributed by atoms with Crippen molar-refractivity contribution >= 4 is 33.2 Å². The van der Waals surface area contributed by atoms with Crippen molar-refractivity contribution in [1.82, 2.24) is 4.57 Å². The van der Waals surface area contributed by atoms with E-state index >= 15 is 0 Å². The Bertz CT molecular complexity index is 1460. The third-order valence-electron chi connectivity index (χ3n) is 5.65. The van der Waals surface area contributed by atoms with E-state index in [1.54, 1.807) is 28.8 Å². The van der Waals surface area contributed by atoms with Crippen LogP contribution < -0.4 is 19.5 Å². The van der Waals surface area contributed by atoms with Crippen LogP contribution in [0.3, 0.4) is 0 Å². The largest absolute Gasteiger partial charge is 0.546 e. The molecular weight excluding hydrogens is 492 g/mol. The Morgan fingerprint density at radius 1 is 1.00 bits per heavy atom. The van der Waals surface area contributed by atoms with Gasteiger partial charge in [-0.25, -0.2) is 0 Å². The molecule has 4 rings (SSSR count). The Balaban J connectivity index is 1.39. The molecular formula is C28H27N2O6S-. The van der Waals surface area contributed by atoms with Gasteiger partial charge in [-0.3, -0.25) is 9.36 Å². The van der Waals surface area contributed by atoms with Gasteiger partial charge in [-0.15, -0.1) is 0 Å².